The van der Waals surface area contributed by atoms with Crippen LogP contribution in [0, 0.1) is 11.3 Å². The maximum absolute atomic E-state index is 13.5. The first-order valence-electron chi connectivity index (χ1n) is 12.3. The molecule has 1 amide bonds. The highest BCUT2D eigenvalue weighted by atomic mass is 16.5. The fraction of sp³-hybridized carbons (Fsp3) is 0.731. The number of ether oxygens (including phenoxy) is 1. The van der Waals surface area contributed by atoms with Gasteiger partial charge < -0.3 is 14.5 Å². The van der Waals surface area contributed by atoms with Gasteiger partial charge in [0.05, 0.1) is 12.0 Å². The Morgan fingerprint density at radius 1 is 0.967 bits per heavy atom. The van der Waals surface area contributed by atoms with Crippen molar-refractivity contribution in [2.75, 3.05) is 39.8 Å². The number of carbonyl (C=O) groups is 1. The molecule has 0 atom stereocenters. The lowest BCUT2D eigenvalue weighted by Crippen LogP contribution is -2.50. The van der Waals surface area contributed by atoms with Gasteiger partial charge in [-0.25, -0.2) is 0 Å². The summed E-state index contributed by atoms with van der Waals surface area (Å²) in [5.41, 5.74) is 1.15. The molecule has 0 unspecified atom stereocenters. The predicted molar refractivity (Wildman–Crippen MR) is 122 cm³/mol. The molecule has 2 fully saturated rings. The lowest BCUT2D eigenvalue weighted by molar-refractivity contribution is -0.145. The van der Waals surface area contributed by atoms with E-state index >= 15 is 0 Å². The van der Waals surface area contributed by atoms with E-state index in [1.807, 2.05) is 18.0 Å². The SMILES string of the molecule is CN1CCOc2ccccc2CCCCC2(CCN(CC3CCCCC3)CC2)C1=O. The van der Waals surface area contributed by atoms with Gasteiger partial charge in [0.2, 0.25) is 5.91 Å². The smallest absolute Gasteiger partial charge is 0.228 e. The van der Waals surface area contributed by atoms with E-state index in [-0.39, 0.29) is 5.41 Å². The van der Waals surface area contributed by atoms with E-state index in [1.54, 1.807) is 0 Å². The number of para-hydroxylation sites is 1. The molecule has 166 valence electrons. The molecule has 1 spiro atoms. The van der Waals surface area contributed by atoms with Crippen LogP contribution in [0.1, 0.15) is 69.8 Å². The summed E-state index contributed by atoms with van der Waals surface area (Å²) in [5, 5.41) is 0. The number of amides is 1. The maximum atomic E-state index is 13.5. The number of benzene rings is 1. The van der Waals surface area contributed by atoms with Gasteiger partial charge in [-0.2, -0.15) is 0 Å². The topological polar surface area (TPSA) is 32.8 Å². The molecular weight excluding hydrogens is 372 g/mol. The molecule has 1 saturated heterocycles. The maximum Gasteiger partial charge on any atom is 0.228 e. The first-order chi connectivity index (χ1) is 14.7. The zero-order valence-corrected chi connectivity index (χ0v) is 18.9. The van der Waals surface area contributed by atoms with E-state index in [9.17, 15) is 4.79 Å². The number of fused-ring (bicyclic) bond motifs is 1. The molecule has 2 aliphatic heterocycles. The van der Waals surface area contributed by atoms with Crippen molar-refractivity contribution in [2.24, 2.45) is 11.3 Å². The Kier molecular flexibility index (Phi) is 7.35. The van der Waals surface area contributed by atoms with Crippen LogP contribution in [-0.2, 0) is 11.2 Å². The molecule has 0 aromatic heterocycles. The van der Waals surface area contributed by atoms with Crippen LogP contribution in [0.15, 0.2) is 24.3 Å². The largest absolute Gasteiger partial charge is 0.491 e. The van der Waals surface area contributed by atoms with Gasteiger partial charge in [0.25, 0.3) is 0 Å². The normalized spacial score (nSPS) is 24.6. The first-order valence-corrected chi connectivity index (χ1v) is 12.3. The van der Waals surface area contributed by atoms with Crippen LogP contribution in [0.2, 0.25) is 0 Å². The van der Waals surface area contributed by atoms with Gasteiger partial charge in [0, 0.05) is 13.6 Å². The van der Waals surface area contributed by atoms with Gasteiger partial charge in [0.1, 0.15) is 12.4 Å². The number of carbonyl (C=O) groups excluding carboxylic acids is 1. The quantitative estimate of drug-likeness (QED) is 0.692. The first kappa shape index (κ1) is 21.7. The van der Waals surface area contributed by atoms with Crippen LogP contribution in [0.4, 0.5) is 0 Å². The summed E-state index contributed by atoms with van der Waals surface area (Å²) in [6.45, 7) is 4.68. The van der Waals surface area contributed by atoms with Gasteiger partial charge in [-0.05, 0) is 75.6 Å². The molecule has 1 aliphatic carbocycles. The second-order valence-electron chi connectivity index (χ2n) is 9.97. The zero-order chi connectivity index (χ0) is 20.8. The van der Waals surface area contributed by atoms with Crippen molar-refractivity contribution >= 4 is 5.91 Å². The number of hydrogen-bond donors (Lipinski definition) is 0. The second kappa shape index (κ2) is 10.2. The van der Waals surface area contributed by atoms with Crippen molar-refractivity contribution in [2.45, 2.75) is 70.6 Å². The predicted octanol–water partition coefficient (Wildman–Crippen LogP) is 4.91. The number of likely N-dealkylation sites (tertiary alicyclic amines) is 1. The Labute approximate surface area is 183 Å². The van der Waals surface area contributed by atoms with Crippen LogP contribution in [0.25, 0.3) is 0 Å². The third kappa shape index (κ3) is 5.19. The van der Waals surface area contributed by atoms with Crippen LogP contribution < -0.4 is 4.74 Å². The van der Waals surface area contributed by atoms with Crippen molar-refractivity contribution in [3.63, 3.8) is 0 Å². The average molecular weight is 413 g/mol. The third-order valence-corrected chi connectivity index (χ3v) is 7.86. The number of aryl methyl sites for hydroxylation is 1. The Bertz CT molecular complexity index is 690. The van der Waals surface area contributed by atoms with E-state index in [2.05, 4.69) is 23.1 Å². The van der Waals surface area contributed by atoms with E-state index in [4.69, 9.17) is 4.74 Å². The van der Waals surface area contributed by atoms with Crippen molar-refractivity contribution in [3.8, 4) is 5.75 Å². The van der Waals surface area contributed by atoms with Gasteiger partial charge >= 0.3 is 0 Å². The summed E-state index contributed by atoms with van der Waals surface area (Å²) < 4.78 is 6.05. The van der Waals surface area contributed by atoms with Crippen molar-refractivity contribution in [1.82, 2.24) is 9.80 Å². The minimum absolute atomic E-state index is 0.156. The summed E-state index contributed by atoms with van der Waals surface area (Å²) in [5.74, 6) is 2.24. The van der Waals surface area contributed by atoms with Gasteiger partial charge in [-0.3, -0.25) is 4.79 Å². The summed E-state index contributed by atoms with van der Waals surface area (Å²) in [6, 6.07) is 8.39. The number of hydrogen-bond acceptors (Lipinski definition) is 3. The standard InChI is InChI=1S/C26H40N2O2/c1-27-19-20-30-24-13-6-5-11-23(24)12-7-8-14-26(25(27)29)15-17-28(18-16-26)21-22-9-3-2-4-10-22/h5-6,11,13,22H,2-4,7-10,12,14-21H2,1H3. The van der Waals surface area contributed by atoms with Gasteiger partial charge in [-0.15, -0.1) is 0 Å². The molecule has 0 bridgehead atoms. The molecular formula is C26H40N2O2. The fourth-order valence-corrected chi connectivity index (χ4v) is 5.90. The minimum Gasteiger partial charge on any atom is -0.491 e. The second-order valence-corrected chi connectivity index (χ2v) is 9.97. The number of rotatable bonds is 2. The van der Waals surface area contributed by atoms with Crippen LogP contribution in [-0.4, -0.2) is 55.5 Å². The minimum atomic E-state index is -0.156. The molecule has 2 heterocycles. The molecule has 0 N–H and O–H groups in total. The van der Waals surface area contributed by atoms with Crippen LogP contribution >= 0.6 is 0 Å². The molecule has 0 radical (unpaired) electrons. The fourth-order valence-electron chi connectivity index (χ4n) is 5.90. The average Bonchev–Trinajstić information content (AvgIpc) is 2.78. The lowest BCUT2D eigenvalue weighted by Gasteiger charge is -2.44. The Hall–Kier alpha value is -1.55. The van der Waals surface area contributed by atoms with E-state index in [1.165, 1.54) is 44.2 Å². The molecule has 4 heteroatoms. The van der Waals surface area contributed by atoms with Gasteiger partial charge in [-0.1, -0.05) is 43.9 Å². The Morgan fingerprint density at radius 3 is 2.53 bits per heavy atom. The molecule has 4 nitrogen and oxygen atoms in total. The molecule has 30 heavy (non-hydrogen) atoms. The Balaban J connectivity index is 1.39. The summed E-state index contributed by atoms with van der Waals surface area (Å²) in [4.78, 5) is 18.1. The molecule has 3 aliphatic rings. The highest BCUT2D eigenvalue weighted by Crippen LogP contribution is 2.39. The molecule has 1 saturated carbocycles. The molecule has 4 rings (SSSR count). The van der Waals surface area contributed by atoms with Crippen LogP contribution in [0.5, 0.6) is 5.75 Å². The van der Waals surface area contributed by atoms with E-state index in [0.29, 0.717) is 19.1 Å². The van der Waals surface area contributed by atoms with Crippen molar-refractivity contribution < 1.29 is 9.53 Å². The van der Waals surface area contributed by atoms with Crippen molar-refractivity contribution in [1.29, 1.82) is 0 Å². The highest BCUT2D eigenvalue weighted by Gasteiger charge is 2.42. The lowest BCUT2D eigenvalue weighted by atomic mass is 9.72. The summed E-state index contributed by atoms with van der Waals surface area (Å²) in [7, 11) is 1.97. The van der Waals surface area contributed by atoms with Crippen molar-refractivity contribution in [3.05, 3.63) is 29.8 Å². The highest BCUT2D eigenvalue weighted by molar-refractivity contribution is 5.82. The molecule has 1 aromatic rings. The number of piperidine rings is 1. The summed E-state index contributed by atoms with van der Waals surface area (Å²) in [6.07, 6.45) is 13.5. The van der Waals surface area contributed by atoms with Gasteiger partial charge in [0.15, 0.2) is 0 Å². The van der Waals surface area contributed by atoms with Crippen LogP contribution in [0.3, 0.4) is 0 Å². The third-order valence-electron chi connectivity index (χ3n) is 7.86. The summed E-state index contributed by atoms with van der Waals surface area (Å²) >= 11 is 0. The molecule has 1 aromatic carbocycles. The Morgan fingerprint density at radius 2 is 1.73 bits per heavy atom. The number of nitrogens with zero attached hydrogens (tertiary/aromatic N) is 2. The number of likely N-dealkylation sites (N-methyl/N-ethyl adjacent to an activating group) is 1. The zero-order valence-electron chi connectivity index (χ0n) is 18.9. The van der Waals surface area contributed by atoms with E-state index < -0.39 is 0 Å². The monoisotopic (exact) mass is 412 g/mol. The van der Waals surface area contributed by atoms with E-state index in [0.717, 1.165) is 63.3 Å².